The fourth-order valence-corrected chi connectivity index (χ4v) is 5.17. The van der Waals surface area contributed by atoms with Gasteiger partial charge >= 0.3 is 0 Å². The van der Waals surface area contributed by atoms with E-state index in [1.165, 1.54) is 79.2 Å². The fraction of sp³-hybridized carbons (Fsp3) is 0.667. The maximum Gasteiger partial charge on any atom is 0.0891 e. The van der Waals surface area contributed by atoms with Crippen molar-refractivity contribution in [3.8, 4) is 0 Å². The Morgan fingerprint density at radius 3 is 2.23 bits per heavy atom. The number of aryl methyl sites for hydroxylation is 2. The van der Waals surface area contributed by atoms with Gasteiger partial charge in [-0.25, -0.2) is 0 Å². The maximum atomic E-state index is 6.34. The van der Waals surface area contributed by atoms with E-state index >= 15 is 0 Å². The van der Waals surface area contributed by atoms with Crippen molar-refractivity contribution in [2.24, 2.45) is 16.8 Å². The van der Waals surface area contributed by atoms with E-state index in [9.17, 15) is 0 Å². The van der Waals surface area contributed by atoms with Crippen molar-refractivity contribution in [1.82, 2.24) is 0 Å². The zero-order chi connectivity index (χ0) is 26.2. The number of benzene rings is 1. The molecule has 2 nitrogen and oxygen atoms in total. The van der Waals surface area contributed by atoms with Gasteiger partial charge in [0, 0.05) is 6.21 Å². The van der Waals surface area contributed by atoms with Crippen LogP contribution in [0, 0.1) is 25.7 Å². The monoisotopic (exact) mass is 481 g/mol. The molecule has 0 spiro atoms. The van der Waals surface area contributed by atoms with Crippen LogP contribution in [0.25, 0.3) is 0 Å². The summed E-state index contributed by atoms with van der Waals surface area (Å²) < 4.78 is 6.34. The third-order valence-corrected chi connectivity index (χ3v) is 7.75. The number of hydrogen-bond donors (Lipinski definition) is 0. The second kappa shape index (κ2) is 17.7. The van der Waals surface area contributed by atoms with Crippen molar-refractivity contribution in [1.29, 1.82) is 0 Å². The Hall–Kier alpha value is -1.67. The number of rotatable bonds is 12. The lowest BCUT2D eigenvalue weighted by atomic mass is 9.85. The summed E-state index contributed by atoms with van der Waals surface area (Å²) in [5, 5.41) is 0. The van der Waals surface area contributed by atoms with Crippen molar-refractivity contribution in [2.75, 3.05) is 6.61 Å². The van der Waals surface area contributed by atoms with Gasteiger partial charge < -0.3 is 4.74 Å². The lowest BCUT2D eigenvalue weighted by molar-refractivity contribution is 0.0244. The van der Waals surface area contributed by atoms with E-state index in [-0.39, 0.29) is 0 Å². The maximum absolute atomic E-state index is 6.34. The first-order valence-corrected chi connectivity index (χ1v) is 14.4. The molecule has 1 aliphatic rings. The van der Waals surface area contributed by atoms with Crippen molar-refractivity contribution < 1.29 is 4.74 Å². The molecule has 1 aromatic rings. The van der Waals surface area contributed by atoms with E-state index < -0.39 is 0 Å². The second-order valence-electron chi connectivity index (χ2n) is 10.4. The molecule has 0 bridgehead atoms. The van der Waals surface area contributed by atoms with E-state index in [4.69, 9.17) is 9.73 Å². The summed E-state index contributed by atoms with van der Waals surface area (Å²) in [5.74, 6) is 1.62. The highest BCUT2D eigenvalue weighted by Crippen LogP contribution is 2.29. The van der Waals surface area contributed by atoms with Crippen LogP contribution < -0.4 is 0 Å². The van der Waals surface area contributed by atoms with Gasteiger partial charge in [-0.2, -0.15) is 0 Å². The van der Waals surface area contributed by atoms with Crippen molar-refractivity contribution in [3.63, 3.8) is 0 Å². The Balaban J connectivity index is 0.000000579. The van der Waals surface area contributed by atoms with Gasteiger partial charge in [-0.3, -0.25) is 4.99 Å². The highest BCUT2D eigenvalue weighted by atomic mass is 16.5. The molecule has 0 aromatic heterocycles. The van der Waals surface area contributed by atoms with Gasteiger partial charge in [0.15, 0.2) is 0 Å². The Morgan fingerprint density at radius 2 is 1.74 bits per heavy atom. The molecule has 3 atom stereocenters. The summed E-state index contributed by atoms with van der Waals surface area (Å²) in [6, 6.07) is 6.42. The second-order valence-corrected chi connectivity index (χ2v) is 10.4. The van der Waals surface area contributed by atoms with Crippen LogP contribution in [0.2, 0.25) is 0 Å². The van der Waals surface area contributed by atoms with Gasteiger partial charge in [0.2, 0.25) is 0 Å². The molecule has 3 unspecified atom stereocenters. The molecule has 35 heavy (non-hydrogen) atoms. The van der Waals surface area contributed by atoms with Crippen LogP contribution in [-0.2, 0) is 4.74 Å². The summed E-state index contributed by atoms with van der Waals surface area (Å²) in [6.07, 6.45) is 14.8. The van der Waals surface area contributed by atoms with Crippen molar-refractivity contribution >= 4 is 6.21 Å². The first-order chi connectivity index (χ1) is 16.8. The zero-order valence-corrected chi connectivity index (χ0v) is 24.4. The van der Waals surface area contributed by atoms with Gasteiger partial charge in [-0.15, -0.1) is 0 Å². The number of ether oxygens (including phenoxy) is 1. The Kier molecular flexibility index (Phi) is 15.9. The van der Waals surface area contributed by atoms with Crippen LogP contribution in [0.15, 0.2) is 46.6 Å². The van der Waals surface area contributed by atoms with E-state index in [0.29, 0.717) is 12.7 Å². The molecule has 1 saturated carbocycles. The minimum atomic E-state index is 0.411. The molecule has 1 aliphatic carbocycles. The van der Waals surface area contributed by atoms with Crippen LogP contribution >= 0.6 is 0 Å². The lowest BCUT2D eigenvalue weighted by Crippen LogP contribution is -2.23. The number of hydrogen-bond acceptors (Lipinski definition) is 2. The van der Waals surface area contributed by atoms with Gasteiger partial charge in [-0.1, -0.05) is 90.7 Å². The zero-order valence-electron chi connectivity index (χ0n) is 24.4. The Bertz CT molecular complexity index is 777. The van der Waals surface area contributed by atoms with E-state index in [2.05, 4.69) is 80.2 Å². The molecule has 1 aromatic carbocycles. The SMILES string of the molecule is C=C(C)C(CC)CCC.CCC(CC)=C(COC1CCCC(CC)C1)N=Cc1c(C)cccc1C. The normalized spacial score (nSPS) is 18.6. The van der Waals surface area contributed by atoms with Crippen LogP contribution in [0.3, 0.4) is 0 Å². The number of allylic oxidation sites excluding steroid dienone is 2. The molecule has 0 saturated heterocycles. The smallest absolute Gasteiger partial charge is 0.0891 e. The predicted molar refractivity (Wildman–Crippen MR) is 157 cm³/mol. The van der Waals surface area contributed by atoms with E-state index in [1.807, 2.05) is 6.21 Å². The van der Waals surface area contributed by atoms with Crippen LogP contribution in [0.5, 0.6) is 0 Å². The molecule has 1 fully saturated rings. The average molecular weight is 482 g/mol. The first-order valence-electron chi connectivity index (χ1n) is 14.4. The summed E-state index contributed by atoms with van der Waals surface area (Å²) in [4.78, 5) is 4.91. The average Bonchev–Trinajstić information content (AvgIpc) is 2.86. The quantitative estimate of drug-likeness (QED) is 0.215. The molecule has 0 amide bonds. The summed E-state index contributed by atoms with van der Waals surface area (Å²) >= 11 is 0. The van der Waals surface area contributed by atoms with Crippen LogP contribution in [0.4, 0.5) is 0 Å². The highest BCUT2D eigenvalue weighted by molar-refractivity contribution is 5.84. The molecule has 198 valence electrons. The summed E-state index contributed by atoms with van der Waals surface area (Å²) in [5.41, 5.74) is 7.69. The Labute approximate surface area is 218 Å². The van der Waals surface area contributed by atoms with E-state index in [0.717, 1.165) is 30.4 Å². The highest BCUT2D eigenvalue weighted by Gasteiger charge is 2.21. The summed E-state index contributed by atoms with van der Waals surface area (Å²) in [7, 11) is 0. The molecule has 0 heterocycles. The van der Waals surface area contributed by atoms with Crippen LogP contribution in [0.1, 0.15) is 122 Å². The predicted octanol–water partition coefficient (Wildman–Crippen LogP) is 10.2. The molecular formula is C33H55NO. The summed E-state index contributed by atoms with van der Waals surface area (Å²) in [6.45, 7) is 22.2. The van der Waals surface area contributed by atoms with Gasteiger partial charge in [-0.05, 0) is 93.4 Å². The van der Waals surface area contributed by atoms with E-state index in [1.54, 1.807) is 0 Å². The van der Waals surface area contributed by atoms with Crippen LogP contribution in [-0.4, -0.2) is 18.9 Å². The molecule has 0 N–H and O–H groups in total. The first kappa shape index (κ1) is 31.4. The lowest BCUT2D eigenvalue weighted by Gasteiger charge is -2.28. The van der Waals surface area contributed by atoms with Gasteiger partial charge in [0.1, 0.15) is 0 Å². The third-order valence-electron chi connectivity index (χ3n) is 7.75. The van der Waals surface area contributed by atoms with Crippen molar-refractivity contribution in [2.45, 2.75) is 126 Å². The fourth-order valence-electron chi connectivity index (χ4n) is 5.17. The van der Waals surface area contributed by atoms with Gasteiger partial charge in [0.05, 0.1) is 18.4 Å². The number of aliphatic imine (C=N–C) groups is 1. The third kappa shape index (κ3) is 11.3. The molecular weight excluding hydrogens is 426 g/mol. The minimum Gasteiger partial charge on any atom is -0.372 e. The van der Waals surface area contributed by atoms with Gasteiger partial charge in [0.25, 0.3) is 0 Å². The minimum absolute atomic E-state index is 0.411. The largest absolute Gasteiger partial charge is 0.372 e. The Morgan fingerprint density at radius 1 is 1.09 bits per heavy atom. The molecule has 2 heteroatoms. The molecule has 0 radical (unpaired) electrons. The van der Waals surface area contributed by atoms with Crippen molar-refractivity contribution in [3.05, 3.63) is 58.3 Å². The number of nitrogens with zero attached hydrogens (tertiary/aromatic N) is 1. The topological polar surface area (TPSA) is 21.6 Å². The standard InChI is InChI=1S/C24H37NO.C9H18/c1-6-20-13-10-14-22(15-20)26-17-24(21(7-2)8-3)25-16-23-18(4)11-9-12-19(23)5;1-5-7-9(6-2)8(3)4/h9,11-12,16,20,22H,6-8,10,13-15,17H2,1-5H3;9H,3,5-7H2,1-2,4H3. The molecule has 0 aliphatic heterocycles. The molecule has 2 rings (SSSR count).